The molecule has 1 aromatic rings. The lowest BCUT2D eigenvalue weighted by Crippen LogP contribution is -2.53. The summed E-state index contributed by atoms with van der Waals surface area (Å²) in [5.74, 6) is 3.56. The van der Waals surface area contributed by atoms with Crippen LogP contribution in [0.15, 0.2) is 30.6 Å². The first-order valence-corrected chi connectivity index (χ1v) is 11.2. The Morgan fingerprint density at radius 2 is 1.96 bits per heavy atom. The van der Waals surface area contributed by atoms with Gasteiger partial charge in [-0.15, -0.1) is 0 Å². The van der Waals surface area contributed by atoms with Gasteiger partial charge in [0, 0.05) is 19.5 Å². The minimum atomic E-state index is 0.358. The fourth-order valence-corrected chi connectivity index (χ4v) is 7.97. The Kier molecular flexibility index (Phi) is 4.27. The summed E-state index contributed by atoms with van der Waals surface area (Å²) in [4.78, 5) is 4.41. The van der Waals surface area contributed by atoms with Crippen LogP contribution in [0, 0.1) is 34.5 Å². The van der Waals surface area contributed by atoms with Gasteiger partial charge in [-0.1, -0.05) is 26.0 Å². The van der Waals surface area contributed by atoms with E-state index in [1.165, 1.54) is 56.9 Å². The predicted molar refractivity (Wildman–Crippen MR) is 110 cm³/mol. The van der Waals surface area contributed by atoms with Crippen LogP contribution < -0.4 is 0 Å². The number of ether oxygens (including phenoxy) is 1. The molecule has 146 valence electrons. The third-order valence-corrected chi connectivity index (χ3v) is 9.50. The molecule has 0 amide bonds. The van der Waals surface area contributed by atoms with Crippen molar-refractivity contribution in [1.82, 2.24) is 4.98 Å². The molecule has 0 spiro atoms. The summed E-state index contributed by atoms with van der Waals surface area (Å²) in [6.07, 6.45) is 17.9. The zero-order valence-corrected chi connectivity index (χ0v) is 17.3. The molecule has 4 aliphatic rings. The van der Waals surface area contributed by atoms with E-state index in [2.05, 4.69) is 43.2 Å². The molecule has 3 fully saturated rings. The second kappa shape index (κ2) is 6.44. The van der Waals surface area contributed by atoms with Gasteiger partial charge in [0.1, 0.15) is 0 Å². The van der Waals surface area contributed by atoms with Crippen LogP contribution in [0.5, 0.6) is 0 Å². The molecule has 0 saturated heterocycles. The van der Waals surface area contributed by atoms with Crippen LogP contribution >= 0.6 is 0 Å². The van der Waals surface area contributed by atoms with Gasteiger partial charge in [-0.25, -0.2) is 0 Å². The van der Waals surface area contributed by atoms with Crippen molar-refractivity contribution in [3.63, 3.8) is 0 Å². The standard InChI is InChI=1S/C25H35NO/c1-24-12-10-19(27-3)15-18(24)6-7-20-22-9-8-21(17-5-4-14-26-16-17)25(22,2)13-11-23(20)24/h4-5,8,14,16,18-20,22-23H,6-7,9-13,15H2,1-3H3/t18?,19-,20-,22-,23-,24-,25+/m0/s1. The van der Waals surface area contributed by atoms with Crippen LogP contribution in [0.4, 0.5) is 0 Å². The summed E-state index contributed by atoms with van der Waals surface area (Å²) in [6, 6.07) is 4.36. The Balaban J connectivity index is 1.42. The average molecular weight is 366 g/mol. The summed E-state index contributed by atoms with van der Waals surface area (Å²) in [5.41, 5.74) is 3.86. The van der Waals surface area contributed by atoms with Gasteiger partial charge in [-0.05, 0) is 103 Å². The number of pyridine rings is 1. The lowest BCUT2D eigenvalue weighted by atomic mass is 9.44. The van der Waals surface area contributed by atoms with Crippen molar-refractivity contribution < 1.29 is 4.74 Å². The largest absolute Gasteiger partial charge is 0.381 e. The van der Waals surface area contributed by atoms with E-state index in [1.54, 1.807) is 5.57 Å². The van der Waals surface area contributed by atoms with E-state index in [9.17, 15) is 0 Å². The third kappa shape index (κ3) is 2.58. The maximum atomic E-state index is 5.76. The SMILES string of the molecule is CO[C@H]1CC[C@@]2(C)C(CC[C@@H]3[C@@H]2CC[C@]2(C)C(c4cccnc4)=CC[C@@H]32)C1. The quantitative estimate of drug-likeness (QED) is 0.628. The van der Waals surface area contributed by atoms with Crippen molar-refractivity contribution >= 4 is 5.57 Å². The molecule has 0 bridgehead atoms. The molecule has 3 saturated carbocycles. The van der Waals surface area contributed by atoms with Crippen molar-refractivity contribution in [1.29, 1.82) is 0 Å². The molecule has 4 aliphatic carbocycles. The average Bonchev–Trinajstić information content (AvgIpc) is 3.05. The Morgan fingerprint density at radius 1 is 1.07 bits per heavy atom. The fraction of sp³-hybridized carbons (Fsp3) is 0.720. The molecule has 27 heavy (non-hydrogen) atoms. The van der Waals surface area contributed by atoms with E-state index in [-0.39, 0.29) is 0 Å². The van der Waals surface area contributed by atoms with E-state index in [0.717, 1.165) is 23.7 Å². The van der Waals surface area contributed by atoms with Crippen molar-refractivity contribution in [2.75, 3.05) is 7.11 Å². The van der Waals surface area contributed by atoms with Crippen LogP contribution in [0.25, 0.3) is 5.57 Å². The maximum Gasteiger partial charge on any atom is 0.0574 e. The van der Waals surface area contributed by atoms with E-state index < -0.39 is 0 Å². The Bertz CT molecular complexity index is 727. The lowest BCUT2D eigenvalue weighted by Gasteiger charge is -2.61. The van der Waals surface area contributed by atoms with Crippen molar-refractivity contribution in [3.8, 4) is 0 Å². The van der Waals surface area contributed by atoms with Crippen molar-refractivity contribution in [3.05, 3.63) is 36.2 Å². The molecule has 1 aromatic heterocycles. The molecule has 2 nitrogen and oxygen atoms in total. The smallest absolute Gasteiger partial charge is 0.0574 e. The van der Waals surface area contributed by atoms with Gasteiger partial charge in [0.25, 0.3) is 0 Å². The zero-order valence-electron chi connectivity index (χ0n) is 17.3. The number of rotatable bonds is 2. The first kappa shape index (κ1) is 17.9. The number of hydrogen-bond donors (Lipinski definition) is 0. The second-order valence-corrected chi connectivity index (χ2v) is 10.3. The number of fused-ring (bicyclic) bond motifs is 5. The molecule has 1 heterocycles. The summed E-state index contributed by atoms with van der Waals surface area (Å²) >= 11 is 0. The van der Waals surface area contributed by atoms with E-state index in [1.807, 2.05) is 13.3 Å². The molecule has 7 atom stereocenters. The predicted octanol–water partition coefficient (Wildman–Crippen LogP) is 6.13. The summed E-state index contributed by atoms with van der Waals surface area (Å²) < 4.78 is 5.76. The molecule has 0 N–H and O–H groups in total. The monoisotopic (exact) mass is 365 g/mol. The molecule has 0 aliphatic heterocycles. The third-order valence-electron chi connectivity index (χ3n) is 9.50. The molecule has 0 radical (unpaired) electrons. The number of nitrogens with zero attached hydrogens (tertiary/aromatic N) is 1. The Hall–Kier alpha value is -1.15. The molecule has 5 rings (SSSR count). The van der Waals surface area contributed by atoms with E-state index in [4.69, 9.17) is 4.74 Å². The van der Waals surface area contributed by atoms with Gasteiger partial charge in [-0.2, -0.15) is 0 Å². The number of methoxy groups -OCH3 is 1. The highest BCUT2D eigenvalue weighted by Crippen LogP contribution is 2.67. The maximum absolute atomic E-state index is 5.76. The van der Waals surface area contributed by atoms with Gasteiger partial charge >= 0.3 is 0 Å². The number of allylic oxidation sites excluding steroid dienone is 2. The first-order valence-electron chi connectivity index (χ1n) is 11.2. The summed E-state index contributed by atoms with van der Waals surface area (Å²) in [5, 5.41) is 0. The molecular formula is C25H35NO. The van der Waals surface area contributed by atoms with Crippen LogP contribution in [0.2, 0.25) is 0 Å². The highest BCUT2D eigenvalue weighted by Gasteiger charge is 2.58. The number of aromatic nitrogens is 1. The summed E-state index contributed by atoms with van der Waals surface area (Å²) in [6.45, 7) is 5.21. The molecular weight excluding hydrogens is 330 g/mol. The Morgan fingerprint density at radius 3 is 2.74 bits per heavy atom. The van der Waals surface area contributed by atoms with Gasteiger partial charge in [-0.3, -0.25) is 4.98 Å². The van der Waals surface area contributed by atoms with E-state index in [0.29, 0.717) is 16.9 Å². The zero-order chi connectivity index (χ0) is 18.6. The van der Waals surface area contributed by atoms with Gasteiger partial charge in [0.05, 0.1) is 6.10 Å². The minimum Gasteiger partial charge on any atom is -0.381 e. The van der Waals surface area contributed by atoms with Gasteiger partial charge < -0.3 is 4.74 Å². The molecule has 0 aromatic carbocycles. The number of hydrogen-bond acceptors (Lipinski definition) is 2. The highest BCUT2D eigenvalue weighted by molar-refractivity contribution is 5.72. The lowest BCUT2D eigenvalue weighted by molar-refractivity contribution is -0.120. The van der Waals surface area contributed by atoms with Crippen LogP contribution in [0.1, 0.15) is 70.8 Å². The van der Waals surface area contributed by atoms with Crippen LogP contribution in [0.3, 0.4) is 0 Å². The summed E-state index contributed by atoms with van der Waals surface area (Å²) in [7, 11) is 1.91. The van der Waals surface area contributed by atoms with E-state index >= 15 is 0 Å². The van der Waals surface area contributed by atoms with Crippen LogP contribution in [-0.2, 0) is 4.74 Å². The molecule has 2 heteroatoms. The first-order chi connectivity index (χ1) is 13.1. The highest BCUT2D eigenvalue weighted by atomic mass is 16.5. The normalized spacial score (nSPS) is 46.2. The van der Waals surface area contributed by atoms with Gasteiger partial charge in [0.2, 0.25) is 0 Å². The molecule has 1 unspecified atom stereocenters. The van der Waals surface area contributed by atoms with Gasteiger partial charge in [0.15, 0.2) is 0 Å². The fourth-order valence-electron chi connectivity index (χ4n) is 7.97. The van der Waals surface area contributed by atoms with Crippen molar-refractivity contribution in [2.45, 2.75) is 71.3 Å². The topological polar surface area (TPSA) is 22.1 Å². The minimum absolute atomic E-state index is 0.358. The second-order valence-electron chi connectivity index (χ2n) is 10.3. The van der Waals surface area contributed by atoms with Crippen molar-refractivity contribution in [2.24, 2.45) is 34.5 Å². The van der Waals surface area contributed by atoms with Crippen LogP contribution in [-0.4, -0.2) is 18.2 Å². The Labute approximate surface area is 164 Å².